The summed E-state index contributed by atoms with van der Waals surface area (Å²) in [6, 6.07) is 1.48. The molecule has 1 rings (SSSR count). The molecule has 0 atom stereocenters. The van der Waals surface area contributed by atoms with Gasteiger partial charge in [0.1, 0.15) is 5.82 Å². The van der Waals surface area contributed by atoms with Crippen molar-refractivity contribution >= 4 is 0 Å². The smallest absolute Gasteiger partial charge is 0.144 e. The maximum atomic E-state index is 12.7. The molecular weight excluding hydrogens is 147 g/mol. The molecule has 0 spiro atoms. The number of aromatic nitrogens is 1. The van der Waals surface area contributed by atoms with Gasteiger partial charge in [0, 0.05) is 11.1 Å². The van der Waals surface area contributed by atoms with Crippen LogP contribution in [0.15, 0.2) is 23.6 Å². The Morgan fingerprint density at radius 3 is 3.18 bits per heavy atom. The highest BCUT2D eigenvalue weighted by atomic mass is 19.1. The van der Waals surface area contributed by atoms with Gasteiger partial charge >= 0.3 is 0 Å². The molecule has 0 aromatic carbocycles. The van der Waals surface area contributed by atoms with Gasteiger partial charge in [-0.2, -0.15) is 0 Å². The van der Waals surface area contributed by atoms with Crippen LogP contribution in [-0.4, -0.2) is 4.98 Å². The summed E-state index contributed by atoms with van der Waals surface area (Å²) in [6.07, 6.45) is 2.54. The van der Waals surface area contributed by atoms with Gasteiger partial charge in [-0.3, -0.25) is 4.98 Å². The third kappa shape index (κ3) is 1.91. The summed E-state index contributed by atoms with van der Waals surface area (Å²) in [5.41, 5.74) is 8.30. The van der Waals surface area contributed by atoms with E-state index in [1.54, 1.807) is 0 Å². The Bertz CT molecular complexity index is 292. The minimum Gasteiger partial charge on any atom is -0.262 e. The van der Waals surface area contributed by atoms with Crippen molar-refractivity contribution in [1.82, 2.24) is 4.98 Å². The molecule has 0 saturated carbocycles. The molecule has 11 heavy (non-hydrogen) atoms. The summed E-state index contributed by atoms with van der Waals surface area (Å²) < 4.78 is 12.7. The van der Waals surface area contributed by atoms with Crippen LogP contribution < -0.4 is 0 Å². The second kappa shape index (κ2) is 3.53. The monoisotopic (exact) mass is 152 g/mol. The fraction of sp³-hybridized carbons (Fsp3) is 0.167. The number of rotatable bonds is 2. The molecule has 0 aliphatic heterocycles. The molecular formula is C6H5FN4. The second-order valence-corrected chi connectivity index (χ2v) is 1.86. The number of hydrogen-bond donors (Lipinski definition) is 0. The zero-order valence-corrected chi connectivity index (χ0v) is 5.61. The standard InChI is InChI=1S/C6H5FN4/c7-6-4-9-2-1-5(6)3-10-11-8/h1-2,4H,3H2. The van der Waals surface area contributed by atoms with Crippen molar-refractivity contribution in [2.45, 2.75) is 6.54 Å². The molecule has 1 aromatic heterocycles. The quantitative estimate of drug-likeness (QED) is 0.363. The van der Waals surface area contributed by atoms with Gasteiger partial charge in [0.25, 0.3) is 0 Å². The van der Waals surface area contributed by atoms with Gasteiger partial charge in [0.15, 0.2) is 0 Å². The zero-order chi connectivity index (χ0) is 8.10. The fourth-order valence-electron chi connectivity index (χ4n) is 0.640. The average molecular weight is 152 g/mol. The second-order valence-electron chi connectivity index (χ2n) is 1.86. The van der Waals surface area contributed by atoms with Crippen molar-refractivity contribution < 1.29 is 4.39 Å². The molecule has 0 N–H and O–H groups in total. The Labute approximate surface area is 62.3 Å². The number of hydrogen-bond acceptors (Lipinski definition) is 2. The molecule has 0 aliphatic rings. The third-order valence-electron chi connectivity index (χ3n) is 1.16. The average Bonchev–Trinajstić information content (AvgIpc) is 2.03. The van der Waals surface area contributed by atoms with Crippen molar-refractivity contribution in [2.75, 3.05) is 0 Å². The van der Waals surface area contributed by atoms with Crippen molar-refractivity contribution in [3.8, 4) is 0 Å². The van der Waals surface area contributed by atoms with E-state index in [0.29, 0.717) is 5.56 Å². The van der Waals surface area contributed by atoms with E-state index < -0.39 is 5.82 Å². The predicted octanol–water partition coefficient (Wildman–Crippen LogP) is 2.03. The summed E-state index contributed by atoms with van der Waals surface area (Å²) in [6.45, 7) is 0.0326. The Balaban J connectivity index is 2.85. The lowest BCUT2D eigenvalue weighted by Gasteiger charge is -1.94. The molecule has 0 fully saturated rings. The van der Waals surface area contributed by atoms with Crippen LogP contribution in [0.3, 0.4) is 0 Å². The number of halogens is 1. The van der Waals surface area contributed by atoms with Crippen LogP contribution in [0, 0.1) is 5.82 Å². The van der Waals surface area contributed by atoms with Crippen molar-refractivity contribution in [3.63, 3.8) is 0 Å². The van der Waals surface area contributed by atoms with Gasteiger partial charge in [-0.05, 0) is 17.2 Å². The van der Waals surface area contributed by atoms with E-state index in [9.17, 15) is 4.39 Å². The lowest BCUT2D eigenvalue weighted by Crippen LogP contribution is -1.87. The van der Waals surface area contributed by atoms with E-state index >= 15 is 0 Å². The highest BCUT2D eigenvalue weighted by molar-refractivity contribution is 5.11. The SMILES string of the molecule is [N-]=[N+]=NCc1ccncc1F. The molecule has 0 saturated heterocycles. The Kier molecular flexibility index (Phi) is 2.41. The first kappa shape index (κ1) is 7.50. The molecule has 56 valence electrons. The Morgan fingerprint density at radius 2 is 2.55 bits per heavy atom. The van der Waals surface area contributed by atoms with Crippen LogP contribution in [0.5, 0.6) is 0 Å². The maximum absolute atomic E-state index is 12.7. The van der Waals surface area contributed by atoms with E-state index in [-0.39, 0.29) is 6.54 Å². The lowest BCUT2D eigenvalue weighted by atomic mass is 10.3. The van der Waals surface area contributed by atoms with Gasteiger partial charge in [-0.15, -0.1) is 0 Å². The van der Waals surface area contributed by atoms with E-state index in [0.717, 1.165) is 6.20 Å². The molecule has 0 amide bonds. The molecule has 5 heteroatoms. The predicted molar refractivity (Wildman–Crippen MR) is 37.0 cm³/mol. The largest absolute Gasteiger partial charge is 0.262 e. The molecule has 0 aliphatic carbocycles. The molecule has 1 aromatic rings. The highest BCUT2D eigenvalue weighted by Crippen LogP contribution is 2.05. The van der Waals surface area contributed by atoms with Gasteiger partial charge in [0.05, 0.1) is 12.7 Å². The summed E-state index contributed by atoms with van der Waals surface area (Å²) >= 11 is 0. The van der Waals surface area contributed by atoms with Crippen LogP contribution >= 0.6 is 0 Å². The Morgan fingerprint density at radius 1 is 1.73 bits per heavy atom. The van der Waals surface area contributed by atoms with E-state index in [1.165, 1.54) is 12.3 Å². The molecule has 0 radical (unpaired) electrons. The van der Waals surface area contributed by atoms with Gasteiger partial charge in [-0.25, -0.2) is 4.39 Å². The van der Waals surface area contributed by atoms with E-state index in [2.05, 4.69) is 15.0 Å². The van der Waals surface area contributed by atoms with Crippen LogP contribution in [0.25, 0.3) is 10.4 Å². The normalized spacial score (nSPS) is 8.82. The van der Waals surface area contributed by atoms with Gasteiger partial charge < -0.3 is 0 Å². The van der Waals surface area contributed by atoms with E-state index in [1.807, 2.05) is 0 Å². The van der Waals surface area contributed by atoms with Crippen LogP contribution in [-0.2, 0) is 6.54 Å². The van der Waals surface area contributed by atoms with Crippen LogP contribution in [0.1, 0.15) is 5.56 Å². The van der Waals surface area contributed by atoms with Gasteiger partial charge in [-0.1, -0.05) is 5.11 Å². The molecule has 1 heterocycles. The minimum absolute atomic E-state index is 0.0326. The number of azide groups is 1. The molecule has 0 bridgehead atoms. The topological polar surface area (TPSA) is 61.7 Å². The lowest BCUT2D eigenvalue weighted by molar-refractivity contribution is 0.604. The fourth-order valence-corrected chi connectivity index (χ4v) is 0.640. The summed E-state index contributed by atoms with van der Waals surface area (Å²) in [7, 11) is 0. The van der Waals surface area contributed by atoms with Crippen LogP contribution in [0.2, 0.25) is 0 Å². The first-order valence-electron chi connectivity index (χ1n) is 2.94. The molecule has 0 unspecified atom stereocenters. The van der Waals surface area contributed by atoms with E-state index in [4.69, 9.17) is 5.53 Å². The number of pyridine rings is 1. The summed E-state index contributed by atoms with van der Waals surface area (Å²) in [5.74, 6) is -0.445. The Hall–Kier alpha value is -1.61. The first-order valence-corrected chi connectivity index (χ1v) is 2.94. The van der Waals surface area contributed by atoms with Crippen molar-refractivity contribution in [3.05, 3.63) is 40.3 Å². The maximum Gasteiger partial charge on any atom is 0.144 e. The summed E-state index contributed by atoms with van der Waals surface area (Å²) in [5, 5.41) is 3.22. The summed E-state index contributed by atoms with van der Waals surface area (Å²) in [4.78, 5) is 6.05. The van der Waals surface area contributed by atoms with Crippen molar-refractivity contribution in [2.24, 2.45) is 5.11 Å². The first-order chi connectivity index (χ1) is 5.34. The van der Waals surface area contributed by atoms with Gasteiger partial charge in [0.2, 0.25) is 0 Å². The minimum atomic E-state index is -0.445. The number of nitrogens with zero attached hydrogens (tertiary/aromatic N) is 4. The van der Waals surface area contributed by atoms with Crippen LogP contribution in [0.4, 0.5) is 4.39 Å². The third-order valence-corrected chi connectivity index (χ3v) is 1.16. The zero-order valence-electron chi connectivity index (χ0n) is 5.61. The van der Waals surface area contributed by atoms with Crippen molar-refractivity contribution in [1.29, 1.82) is 0 Å². The molecule has 4 nitrogen and oxygen atoms in total. The highest BCUT2D eigenvalue weighted by Gasteiger charge is 1.97.